The molecule has 0 N–H and O–H groups in total. The molecule has 0 spiro atoms. The number of hydrogen-bond donors (Lipinski definition) is 0. The minimum atomic E-state index is -4.55. The molecule has 0 aliphatic heterocycles. The van der Waals surface area contributed by atoms with Crippen molar-refractivity contribution in [2.75, 3.05) is 0 Å². The van der Waals surface area contributed by atoms with Crippen molar-refractivity contribution in [1.29, 1.82) is 0 Å². The highest BCUT2D eigenvalue weighted by Crippen LogP contribution is 2.24. The van der Waals surface area contributed by atoms with Crippen LogP contribution in [0.3, 0.4) is 0 Å². The Morgan fingerprint density at radius 3 is 2.00 bits per heavy atom. The quantitative estimate of drug-likeness (QED) is 0.753. The molecule has 0 aliphatic rings. The molecule has 0 saturated carbocycles. The van der Waals surface area contributed by atoms with Gasteiger partial charge in [0.05, 0.1) is 5.25 Å². The van der Waals surface area contributed by atoms with Crippen molar-refractivity contribution in [3.05, 3.63) is 35.6 Å². The summed E-state index contributed by atoms with van der Waals surface area (Å²) >= 11 is 0. The fourth-order valence-corrected chi connectivity index (χ4v) is 1.93. The first-order valence-corrected chi connectivity index (χ1v) is 5.96. The van der Waals surface area contributed by atoms with Gasteiger partial charge in [-0.3, -0.25) is 0 Å². The van der Waals surface area contributed by atoms with Crippen LogP contribution in [0.4, 0.5) is 8.28 Å². The van der Waals surface area contributed by atoms with E-state index >= 15 is 0 Å². The summed E-state index contributed by atoms with van der Waals surface area (Å²) in [4.78, 5) is 0. The molecular weight excluding hydrogens is 222 g/mol. The molecule has 0 heterocycles. The van der Waals surface area contributed by atoms with Crippen molar-refractivity contribution in [1.82, 2.24) is 0 Å². The van der Waals surface area contributed by atoms with E-state index in [0.717, 1.165) is 0 Å². The highest BCUT2D eigenvalue weighted by Gasteiger charge is 2.26. The molecule has 1 aromatic rings. The van der Waals surface area contributed by atoms with Crippen LogP contribution in [-0.2, 0) is 10.2 Å². The Morgan fingerprint density at radius 1 is 1.13 bits per heavy atom. The van der Waals surface area contributed by atoms with E-state index in [-0.39, 0.29) is 0 Å². The summed E-state index contributed by atoms with van der Waals surface area (Å²) in [5.74, 6) is -0.901. The predicted octanol–water partition coefficient (Wildman–Crippen LogP) is 2.62. The second-order valence-electron chi connectivity index (χ2n) is 3.52. The number of benzene rings is 1. The molecule has 15 heavy (non-hydrogen) atoms. The van der Waals surface area contributed by atoms with Crippen LogP contribution in [0, 0.1) is 5.82 Å². The smallest absolute Gasteiger partial charge is 0.207 e. The zero-order chi connectivity index (χ0) is 11.6. The zero-order valence-electron chi connectivity index (χ0n) is 8.44. The molecule has 0 aromatic heterocycles. The van der Waals surface area contributed by atoms with Gasteiger partial charge in [0.2, 0.25) is 0 Å². The van der Waals surface area contributed by atoms with E-state index in [1.54, 1.807) is 6.92 Å². The van der Waals surface area contributed by atoms with E-state index < -0.39 is 27.2 Å². The molecule has 84 valence electrons. The summed E-state index contributed by atoms with van der Waals surface area (Å²) in [6.07, 6.45) is 0. The van der Waals surface area contributed by atoms with E-state index in [2.05, 4.69) is 0 Å². The van der Waals surface area contributed by atoms with Gasteiger partial charge in [0.25, 0.3) is 0 Å². The van der Waals surface area contributed by atoms with Gasteiger partial charge in [-0.15, -0.1) is 3.89 Å². The van der Waals surface area contributed by atoms with Crippen molar-refractivity contribution in [2.24, 2.45) is 0 Å². The second-order valence-corrected chi connectivity index (χ2v) is 5.22. The van der Waals surface area contributed by atoms with E-state index in [1.165, 1.54) is 31.2 Å². The monoisotopic (exact) mass is 234 g/mol. The van der Waals surface area contributed by atoms with Gasteiger partial charge in [-0.05, 0) is 24.6 Å². The lowest BCUT2D eigenvalue weighted by atomic mass is 9.98. The van der Waals surface area contributed by atoms with Gasteiger partial charge in [-0.25, -0.2) is 4.39 Å². The lowest BCUT2D eigenvalue weighted by Gasteiger charge is -2.16. The Balaban J connectivity index is 2.95. The second kappa shape index (κ2) is 4.26. The standard InChI is InChI=1S/C10H12F2O2S/c1-7(8(2)15(12,13)14)9-3-5-10(11)6-4-9/h3-8H,1-2H3/t7-,8-/m1/s1. The van der Waals surface area contributed by atoms with E-state index in [4.69, 9.17) is 0 Å². The first-order chi connectivity index (χ1) is 6.82. The molecule has 0 aliphatic carbocycles. The van der Waals surface area contributed by atoms with Gasteiger partial charge in [-0.2, -0.15) is 8.42 Å². The Morgan fingerprint density at radius 2 is 1.60 bits per heavy atom. The van der Waals surface area contributed by atoms with Gasteiger partial charge in [0.1, 0.15) is 5.82 Å². The van der Waals surface area contributed by atoms with Crippen molar-refractivity contribution < 1.29 is 16.7 Å². The van der Waals surface area contributed by atoms with E-state index in [0.29, 0.717) is 5.56 Å². The van der Waals surface area contributed by atoms with Crippen LogP contribution in [0.25, 0.3) is 0 Å². The van der Waals surface area contributed by atoms with Crippen LogP contribution in [0.1, 0.15) is 25.3 Å². The molecule has 1 aromatic carbocycles. The number of hydrogen-bond acceptors (Lipinski definition) is 2. The van der Waals surface area contributed by atoms with Crippen molar-refractivity contribution in [2.45, 2.75) is 25.0 Å². The van der Waals surface area contributed by atoms with Crippen LogP contribution in [0.15, 0.2) is 24.3 Å². The maximum Gasteiger partial charge on any atom is 0.305 e. The molecule has 0 unspecified atom stereocenters. The third-order valence-electron chi connectivity index (χ3n) is 2.54. The van der Waals surface area contributed by atoms with E-state index in [9.17, 15) is 16.7 Å². The molecule has 0 radical (unpaired) electrons. The summed E-state index contributed by atoms with van der Waals surface area (Å²) in [6.45, 7) is 2.89. The predicted molar refractivity (Wildman–Crippen MR) is 54.3 cm³/mol. The minimum absolute atomic E-state index is 0.401. The molecule has 2 nitrogen and oxygen atoms in total. The molecule has 2 atom stereocenters. The minimum Gasteiger partial charge on any atom is -0.207 e. The van der Waals surface area contributed by atoms with Gasteiger partial charge in [0, 0.05) is 5.92 Å². The van der Waals surface area contributed by atoms with E-state index in [1.807, 2.05) is 0 Å². The van der Waals surface area contributed by atoms with Crippen LogP contribution in [-0.4, -0.2) is 13.7 Å². The lowest BCUT2D eigenvalue weighted by molar-refractivity contribution is 0.525. The molecule has 0 saturated heterocycles. The average Bonchev–Trinajstić information content (AvgIpc) is 2.15. The van der Waals surface area contributed by atoms with Gasteiger partial charge < -0.3 is 0 Å². The molecule has 5 heteroatoms. The topological polar surface area (TPSA) is 34.1 Å². The number of halogens is 2. The highest BCUT2D eigenvalue weighted by atomic mass is 32.3. The average molecular weight is 234 g/mol. The molecule has 0 amide bonds. The van der Waals surface area contributed by atoms with Crippen molar-refractivity contribution in [3.8, 4) is 0 Å². The normalized spacial score (nSPS) is 16.0. The van der Waals surface area contributed by atoms with Gasteiger partial charge in [0.15, 0.2) is 0 Å². The highest BCUT2D eigenvalue weighted by molar-refractivity contribution is 7.87. The zero-order valence-corrected chi connectivity index (χ0v) is 9.26. The fourth-order valence-electron chi connectivity index (χ4n) is 1.28. The van der Waals surface area contributed by atoms with Crippen molar-refractivity contribution >= 4 is 10.2 Å². The maximum atomic E-state index is 12.7. The third kappa shape index (κ3) is 2.99. The Kier molecular flexibility index (Phi) is 3.44. The first-order valence-electron chi connectivity index (χ1n) is 4.51. The molecular formula is C10H12F2O2S. The summed E-state index contributed by atoms with van der Waals surface area (Å²) in [5, 5.41) is -1.12. The van der Waals surface area contributed by atoms with Crippen molar-refractivity contribution in [3.63, 3.8) is 0 Å². The Hall–Kier alpha value is -0.970. The molecule has 0 fully saturated rings. The maximum absolute atomic E-state index is 12.7. The fraction of sp³-hybridized carbons (Fsp3) is 0.400. The van der Waals surface area contributed by atoms with Crippen LogP contribution >= 0.6 is 0 Å². The van der Waals surface area contributed by atoms with Crippen LogP contribution < -0.4 is 0 Å². The first kappa shape index (κ1) is 12.1. The van der Waals surface area contributed by atoms with Crippen LogP contribution in [0.5, 0.6) is 0 Å². The summed E-state index contributed by atoms with van der Waals surface area (Å²) < 4.78 is 46.6. The SMILES string of the molecule is C[C@H]([C@@H](C)c1ccc(F)cc1)S(=O)(=O)F. The Bertz CT molecular complexity index is 425. The summed E-state index contributed by atoms with van der Waals surface area (Å²) in [6, 6.07) is 5.37. The van der Waals surface area contributed by atoms with Gasteiger partial charge >= 0.3 is 10.2 Å². The summed E-state index contributed by atoms with van der Waals surface area (Å²) in [7, 11) is -4.55. The summed E-state index contributed by atoms with van der Waals surface area (Å²) in [5.41, 5.74) is 0.602. The lowest BCUT2D eigenvalue weighted by Crippen LogP contribution is -2.20. The van der Waals surface area contributed by atoms with Gasteiger partial charge in [-0.1, -0.05) is 19.1 Å². The molecule has 0 bridgehead atoms. The molecule has 1 rings (SSSR count). The number of rotatable bonds is 3. The Labute approximate surface area is 88.1 Å². The van der Waals surface area contributed by atoms with Crippen LogP contribution in [0.2, 0.25) is 0 Å². The largest absolute Gasteiger partial charge is 0.305 e. The third-order valence-corrected chi connectivity index (χ3v) is 3.84.